The van der Waals surface area contributed by atoms with E-state index in [1.807, 2.05) is 18.2 Å². The van der Waals surface area contributed by atoms with Gasteiger partial charge in [0.2, 0.25) is 0 Å². The summed E-state index contributed by atoms with van der Waals surface area (Å²) in [5, 5.41) is 4.83. The minimum Gasteiger partial charge on any atom is -0.459 e. The Labute approximate surface area is 109 Å². The van der Waals surface area contributed by atoms with Gasteiger partial charge in [-0.15, -0.1) is 0 Å². The Hall–Kier alpha value is -1.28. The van der Waals surface area contributed by atoms with Gasteiger partial charge in [0, 0.05) is 11.4 Å². The average molecular weight is 245 g/mol. The molecule has 0 aliphatic carbocycles. The molecule has 2 unspecified atom stereocenters. The van der Waals surface area contributed by atoms with Crippen LogP contribution >= 0.6 is 0 Å². The van der Waals surface area contributed by atoms with Gasteiger partial charge in [0.05, 0.1) is 6.04 Å². The zero-order chi connectivity index (χ0) is 13.1. The van der Waals surface area contributed by atoms with Gasteiger partial charge in [-0.1, -0.05) is 39.0 Å². The Morgan fingerprint density at radius 1 is 1.17 bits per heavy atom. The molecule has 1 aromatic carbocycles. The fourth-order valence-electron chi connectivity index (χ4n) is 2.40. The molecule has 0 aliphatic heterocycles. The van der Waals surface area contributed by atoms with Crippen molar-refractivity contribution in [1.29, 1.82) is 0 Å². The molecule has 2 atom stereocenters. The van der Waals surface area contributed by atoms with Gasteiger partial charge in [-0.2, -0.15) is 0 Å². The van der Waals surface area contributed by atoms with Crippen LogP contribution in [0.4, 0.5) is 0 Å². The number of rotatable bonds is 5. The van der Waals surface area contributed by atoms with Gasteiger partial charge in [0.15, 0.2) is 0 Å². The Balaban J connectivity index is 2.15. The largest absolute Gasteiger partial charge is 0.459 e. The first-order valence-electron chi connectivity index (χ1n) is 6.86. The van der Waals surface area contributed by atoms with Crippen molar-refractivity contribution in [2.45, 2.75) is 46.2 Å². The molecule has 2 rings (SSSR count). The number of fused-ring (bicyclic) bond motifs is 1. The van der Waals surface area contributed by atoms with Gasteiger partial charge in [0.25, 0.3) is 0 Å². The molecule has 0 spiro atoms. The highest BCUT2D eigenvalue weighted by molar-refractivity contribution is 5.77. The summed E-state index contributed by atoms with van der Waals surface area (Å²) in [4.78, 5) is 0. The van der Waals surface area contributed by atoms with E-state index in [1.165, 1.54) is 5.39 Å². The van der Waals surface area contributed by atoms with Crippen LogP contribution in [0, 0.1) is 5.92 Å². The summed E-state index contributed by atoms with van der Waals surface area (Å²) in [7, 11) is 0. The third-order valence-corrected chi connectivity index (χ3v) is 3.58. The van der Waals surface area contributed by atoms with Crippen molar-refractivity contribution in [3.8, 4) is 0 Å². The Morgan fingerprint density at radius 3 is 2.50 bits per heavy atom. The van der Waals surface area contributed by atoms with Gasteiger partial charge in [-0.05, 0) is 31.4 Å². The maximum absolute atomic E-state index is 5.89. The van der Waals surface area contributed by atoms with Crippen molar-refractivity contribution in [2.24, 2.45) is 5.92 Å². The monoisotopic (exact) mass is 245 g/mol. The van der Waals surface area contributed by atoms with Crippen LogP contribution in [-0.2, 0) is 0 Å². The fraction of sp³-hybridized carbons (Fsp3) is 0.500. The van der Waals surface area contributed by atoms with Gasteiger partial charge in [-0.25, -0.2) is 0 Å². The number of para-hydroxylation sites is 1. The van der Waals surface area contributed by atoms with Crippen molar-refractivity contribution in [1.82, 2.24) is 5.32 Å². The van der Waals surface area contributed by atoms with E-state index in [-0.39, 0.29) is 6.04 Å². The molecule has 18 heavy (non-hydrogen) atoms. The van der Waals surface area contributed by atoms with Gasteiger partial charge >= 0.3 is 0 Å². The molecule has 0 radical (unpaired) electrons. The minimum atomic E-state index is 0.254. The summed E-state index contributed by atoms with van der Waals surface area (Å²) in [6.45, 7) is 8.91. The summed E-state index contributed by atoms with van der Waals surface area (Å²) >= 11 is 0. The predicted molar refractivity (Wildman–Crippen MR) is 76.7 cm³/mol. The molecule has 2 nitrogen and oxygen atoms in total. The van der Waals surface area contributed by atoms with Gasteiger partial charge in [0.1, 0.15) is 11.3 Å². The standard InChI is InChI=1S/C16H23NO/c1-5-14(11(2)3)17-12(4)16-10-13-8-6-7-9-15(13)18-16/h6-12,14,17H,5H2,1-4H3. The van der Waals surface area contributed by atoms with E-state index < -0.39 is 0 Å². The molecule has 0 bridgehead atoms. The maximum Gasteiger partial charge on any atom is 0.134 e. The smallest absolute Gasteiger partial charge is 0.134 e. The van der Waals surface area contributed by atoms with Crippen LogP contribution in [0.5, 0.6) is 0 Å². The summed E-state index contributed by atoms with van der Waals surface area (Å²) in [5.41, 5.74) is 0.971. The van der Waals surface area contributed by atoms with Crippen molar-refractivity contribution < 1.29 is 4.42 Å². The average Bonchev–Trinajstić information content (AvgIpc) is 2.79. The first kappa shape index (κ1) is 13.2. The number of nitrogens with one attached hydrogen (secondary N) is 1. The van der Waals surface area contributed by atoms with E-state index in [0.29, 0.717) is 12.0 Å². The van der Waals surface area contributed by atoms with Crippen LogP contribution in [0.3, 0.4) is 0 Å². The van der Waals surface area contributed by atoms with Crippen LogP contribution in [0.25, 0.3) is 11.0 Å². The number of hydrogen-bond acceptors (Lipinski definition) is 2. The molecule has 2 aromatic rings. The van der Waals surface area contributed by atoms with Crippen LogP contribution in [-0.4, -0.2) is 6.04 Å². The highest BCUT2D eigenvalue weighted by Crippen LogP contribution is 2.24. The van der Waals surface area contributed by atoms with Gasteiger partial charge < -0.3 is 9.73 Å². The van der Waals surface area contributed by atoms with Crippen LogP contribution in [0.15, 0.2) is 34.7 Å². The first-order chi connectivity index (χ1) is 8.61. The lowest BCUT2D eigenvalue weighted by atomic mass is 10.0. The Bertz CT molecular complexity index is 468. The SMILES string of the molecule is CCC(NC(C)c1cc2ccccc2o1)C(C)C. The highest BCUT2D eigenvalue weighted by atomic mass is 16.3. The van der Waals surface area contributed by atoms with E-state index in [0.717, 1.165) is 17.8 Å². The molecule has 0 fully saturated rings. The molecular weight excluding hydrogens is 222 g/mol. The Kier molecular flexibility index (Phi) is 4.07. The lowest BCUT2D eigenvalue weighted by Crippen LogP contribution is -2.34. The fourth-order valence-corrected chi connectivity index (χ4v) is 2.40. The number of hydrogen-bond donors (Lipinski definition) is 1. The lowest BCUT2D eigenvalue weighted by molar-refractivity contribution is 0.332. The molecule has 0 saturated heterocycles. The highest BCUT2D eigenvalue weighted by Gasteiger charge is 2.17. The van der Waals surface area contributed by atoms with Gasteiger partial charge in [-0.3, -0.25) is 0 Å². The van der Waals surface area contributed by atoms with Crippen molar-refractivity contribution >= 4 is 11.0 Å². The third-order valence-electron chi connectivity index (χ3n) is 3.58. The second-order valence-corrected chi connectivity index (χ2v) is 5.33. The molecular formula is C16H23NO. The predicted octanol–water partition coefficient (Wildman–Crippen LogP) is 4.52. The molecule has 0 aliphatic rings. The zero-order valence-electron chi connectivity index (χ0n) is 11.7. The molecule has 2 heteroatoms. The number of benzene rings is 1. The van der Waals surface area contributed by atoms with E-state index >= 15 is 0 Å². The Morgan fingerprint density at radius 2 is 1.89 bits per heavy atom. The van der Waals surface area contributed by atoms with Crippen molar-refractivity contribution in [2.75, 3.05) is 0 Å². The van der Waals surface area contributed by atoms with E-state index in [9.17, 15) is 0 Å². The lowest BCUT2D eigenvalue weighted by Gasteiger charge is -2.24. The topological polar surface area (TPSA) is 25.2 Å². The molecule has 1 aromatic heterocycles. The number of furan rings is 1. The molecule has 98 valence electrons. The van der Waals surface area contributed by atoms with E-state index in [1.54, 1.807) is 0 Å². The normalized spacial score (nSPS) is 15.2. The van der Waals surface area contributed by atoms with E-state index in [2.05, 4.69) is 45.1 Å². The summed E-state index contributed by atoms with van der Waals surface area (Å²) in [5.74, 6) is 1.66. The third kappa shape index (κ3) is 2.75. The minimum absolute atomic E-state index is 0.254. The second kappa shape index (κ2) is 5.57. The maximum atomic E-state index is 5.89. The van der Waals surface area contributed by atoms with Crippen molar-refractivity contribution in [3.63, 3.8) is 0 Å². The summed E-state index contributed by atoms with van der Waals surface area (Å²) in [6.07, 6.45) is 1.14. The van der Waals surface area contributed by atoms with Crippen molar-refractivity contribution in [3.05, 3.63) is 36.1 Å². The zero-order valence-corrected chi connectivity index (χ0v) is 11.7. The van der Waals surface area contributed by atoms with Crippen LogP contribution in [0.1, 0.15) is 45.9 Å². The van der Waals surface area contributed by atoms with Crippen LogP contribution < -0.4 is 5.32 Å². The second-order valence-electron chi connectivity index (χ2n) is 5.33. The molecule has 0 amide bonds. The quantitative estimate of drug-likeness (QED) is 0.838. The molecule has 0 saturated carbocycles. The van der Waals surface area contributed by atoms with E-state index in [4.69, 9.17) is 4.42 Å². The molecule has 1 heterocycles. The van der Waals surface area contributed by atoms with Crippen LogP contribution in [0.2, 0.25) is 0 Å². The molecule has 1 N–H and O–H groups in total. The summed E-state index contributed by atoms with van der Waals surface area (Å²) in [6, 6.07) is 11.1. The summed E-state index contributed by atoms with van der Waals surface area (Å²) < 4.78 is 5.89. The first-order valence-corrected chi connectivity index (χ1v) is 6.86.